The SMILES string of the molecule is COc1ccc(Nc2ncnc3sc4c(c23)CC[C@@H](C)C4)cc1O. The molecule has 0 amide bonds. The summed E-state index contributed by atoms with van der Waals surface area (Å²) in [6.07, 6.45) is 5.00. The van der Waals surface area contributed by atoms with E-state index in [2.05, 4.69) is 22.2 Å². The summed E-state index contributed by atoms with van der Waals surface area (Å²) in [7, 11) is 1.54. The highest BCUT2D eigenvalue weighted by atomic mass is 32.1. The molecule has 124 valence electrons. The molecule has 0 radical (unpaired) electrons. The number of fused-ring (bicyclic) bond motifs is 3. The van der Waals surface area contributed by atoms with Crippen molar-refractivity contribution in [2.45, 2.75) is 26.2 Å². The minimum atomic E-state index is 0.106. The topological polar surface area (TPSA) is 67.3 Å². The van der Waals surface area contributed by atoms with Gasteiger partial charge >= 0.3 is 0 Å². The van der Waals surface area contributed by atoms with Crippen LogP contribution in [0.5, 0.6) is 11.5 Å². The normalized spacial score (nSPS) is 16.8. The van der Waals surface area contributed by atoms with Crippen LogP contribution in [0.15, 0.2) is 24.5 Å². The predicted octanol–water partition coefficient (Wildman–Crippen LogP) is 4.27. The largest absolute Gasteiger partial charge is 0.504 e. The number of ether oxygens (including phenoxy) is 1. The maximum absolute atomic E-state index is 9.97. The number of phenols is 1. The predicted molar refractivity (Wildman–Crippen MR) is 96.5 cm³/mol. The Morgan fingerprint density at radius 2 is 2.21 bits per heavy atom. The minimum absolute atomic E-state index is 0.106. The first-order valence-electron chi connectivity index (χ1n) is 8.05. The number of nitrogens with one attached hydrogen (secondary N) is 1. The summed E-state index contributed by atoms with van der Waals surface area (Å²) in [5.74, 6) is 2.09. The Bertz CT molecular complexity index is 907. The lowest BCUT2D eigenvalue weighted by molar-refractivity contribution is 0.373. The van der Waals surface area contributed by atoms with E-state index in [-0.39, 0.29) is 5.75 Å². The molecular formula is C18H19N3O2S. The van der Waals surface area contributed by atoms with Crippen LogP contribution in [-0.4, -0.2) is 22.2 Å². The summed E-state index contributed by atoms with van der Waals surface area (Å²) in [5.41, 5.74) is 2.16. The van der Waals surface area contributed by atoms with Gasteiger partial charge in [0.2, 0.25) is 0 Å². The van der Waals surface area contributed by atoms with Gasteiger partial charge in [-0.15, -0.1) is 11.3 Å². The second-order valence-electron chi connectivity index (χ2n) is 6.27. The summed E-state index contributed by atoms with van der Waals surface area (Å²) in [4.78, 5) is 11.4. The van der Waals surface area contributed by atoms with Crippen LogP contribution < -0.4 is 10.1 Å². The van der Waals surface area contributed by atoms with E-state index in [4.69, 9.17) is 4.74 Å². The van der Waals surface area contributed by atoms with Crippen molar-refractivity contribution in [3.05, 3.63) is 35.0 Å². The number of aromatic hydroxyl groups is 1. The van der Waals surface area contributed by atoms with Gasteiger partial charge in [0.25, 0.3) is 0 Å². The first kappa shape index (κ1) is 15.2. The van der Waals surface area contributed by atoms with Gasteiger partial charge in [-0.3, -0.25) is 0 Å². The summed E-state index contributed by atoms with van der Waals surface area (Å²) in [6, 6.07) is 5.25. The average molecular weight is 341 g/mol. The second kappa shape index (κ2) is 5.94. The number of aromatic nitrogens is 2. The lowest BCUT2D eigenvalue weighted by atomic mass is 9.89. The number of phenolic OH excluding ortho intramolecular Hbond substituents is 1. The Morgan fingerprint density at radius 3 is 3.00 bits per heavy atom. The molecule has 4 rings (SSSR count). The molecule has 0 bridgehead atoms. The van der Waals surface area contributed by atoms with Crippen molar-refractivity contribution in [1.82, 2.24) is 9.97 Å². The standard InChI is InChI=1S/C18H19N3O2S/c1-10-3-5-12-15(7-10)24-18-16(12)17(19-9-20-18)21-11-4-6-14(23-2)13(22)8-11/h4,6,8-10,22H,3,5,7H2,1-2H3,(H,19,20,21)/t10-/m1/s1. The highest BCUT2D eigenvalue weighted by Gasteiger charge is 2.23. The average Bonchev–Trinajstić information content (AvgIpc) is 2.93. The fourth-order valence-corrected chi connectivity index (χ4v) is 4.62. The fraction of sp³-hybridized carbons (Fsp3) is 0.333. The highest BCUT2D eigenvalue weighted by molar-refractivity contribution is 7.19. The van der Waals surface area contributed by atoms with Gasteiger partial charge in [-0.05, 0) is 42.9 Å². The number of hydrogen-bond donors (Lipinski definition) is 2. The Labute approximate surface area is 144 Å². The van der Waals surface area contributed by atoms with Crippen LogP contribution in [0.1, 0.15) is 23.8 Å². The number of rotatable bonds is 3. The van der Waals surface area contributed by atoms with E-state index in [1.807, 2.05) is 6.07 Å². The highest BCUT2D eigenvalue weighted by Crippen LogP contribution is 2.40. The van der Waals surface area contributed by atoms with E-state index in [0.29, 0.717) is 5.75 Å². The van der Waals surface area contributed by atoms with Crippen LogP contribution in [-0.2, 0) is 12.8 Å². The molecule has 0 saturated carbocycles. The first-order valence-corrected chi connectivity index (χ1v) is 8.86. The van der Waals surface area contributed by atoms with E-state index < -0.39 is 0 Å². The molecule has 2 heterocycles. The van der Waals surface area contributed by atoms with Crippen molar-refractivity contribution in [2.24, 2.45) is 5.92 Å². The molecule has 3 aromatic rings. The number of aryl methyl sites for hydroxylation is 1. The minimum Gasteiger partial charge on any atom is -0.504 e. The van der Waals surface area contributed by atoms with Gasteiger partial charge in [-0.25, -0.2) is 9.97 Å². The molecule has 1 aliphatic rings. The van der Waals surface area contributed by atoms with Crippen molar-refractivity contribution in [1.29, 1.82) is 0 Å². The molecule has 1 aromatic carbocycles. The zero-order valence-corrected chi connectivity index (χ0v) is 14.5. The smallest absolute Gasteiger partial charge is 0.160 e. The van der Waals surface area contributed by atoms with Crippen LogP contribution >= 0.6 is 11.3 Å². The van der Waals surface area contributed by atoms with Crippen LogP contribution in [0, 0.1) is 5.92 Å². The summed E-state index contributed by atoms with van der Waals surface area (Å²) >= 11 is 1.78. The van der Waals surface area contributed by atoms with Crippen molar-refractivity contribution >= 4 is 33.1 Å². The number of anilines is 2. The van der Waals surface area contributed by atoms with Crippen molar-refractivity contribution < 1.29 is 9.84 Å². The number of nitrogens with zero attached hydrogens (tertiary/aromatic N) is 2. The maximum atomic E-state index is 9.97. The summed E-state index contributed by atoms with van der Waals surface area (Å²) in [5, 5.41) is 14.4. The van der Waals surface area contributed by atoms with E-state index in [1.54, 1.807) is 29.8 Å². The lowest BCUT2D eigenvalue weighted by Gasteiger charge is -2.18. The van der Waals surface area contributed by atoms with Gasteiger partial charge in [-0.1, -0.05) is 6.92 Å². The third kappa shape index (κ3) is 2.57. The van der Waals surface area contributed by atoms with E-state index >= 15 is 0 Å². The van der Waals surface area contributed by atoms with Crippen LogP contribution in [0.2, 0.25) is 0 Å². The van der Waals surface area contributed by atoms with Gasteiger partial charge in [0.15, 0.2) is 11.5 Å². The molecule has 1 atom stereocenters. The van der Waals surface area contributed by atoms with Crippen molar-refractivity contribution in [3.63, 3.8) is 0 Å². The van der Waals surface area contributed by atoms with Gasteiger partial charge in [0, 0.05) is 16.6 Å². The zero-order chi connectivity index (χ0) is 16.7. The molecule has 0 unspecified atom stereocenters. The maximum Gasteiger partial charge on any atom is 0.160 e. The van der Waals surface area contributed by atoms with Gasteiger partial charge < -0.3 is 15.2 Å². The number of benzene rings is 1. The van der Waals surface area contributed by atoms with Gasteiger partial charge in [0.05, 0.1) is 12.5 Å². The molecule has 6 heteroatoms. The second-order valence-corrected chi connectivity index (χ2v) is 7.35. The number of methoxy groups -OCH3 is 1. The third-order valence-electron chi connectivity index (χ3n) is 4.53. The van der Waals surface area contributed by atoms with Gasteiger partial charge in [0.1, 0.15) is 17.0 Å². The van der Waals surface area contributed by atoms with Gasteiger partial charge in [-0.2, -0.15) is 0 Å². The summed E-state index contributed by atoms with van der Waals surface area (Å²) in [6.45, 7) is 2.30. The Kier molecular flexibility index (Phi) is 3.76. The Morgan fingerprint density at radius 1 is 1.33 bits per heavy atom. The van der Waals surface area contributed by atoms with E-state index in [1.165, 1.54) is 24.0 Å². The van der Waals surface area contributed by atoms with Crippen LogP contribution in [0.4, 0.5) is 11.5 Å². The monoisotopic (exact) mass is 341 g/mol. The van der Waals surface area contributed by atoms with E-state index in [9.17, 15) is 5.11 Å². The molecule has 0 aliphatic heterocycles. The molecule has 1 aliphatic carbocycles. The molecule has 2 N–H and O–H groups in total. The number of hydrogen-bond acceptors (Lipinski definition) is 6. The molecular weight excluding hydrogens is 322 g/mol. The molecule has 0 fully saturated rings. The third-order valence-corrected chi connectivity index (χ3v) is 5.70. The zero-order valence-electron chi connectivity index (χ0n) is 13.7. The Balaban J connectivity index is 1.76. The quantitative estimate of drug-likeness (QED) is 0.744. The molecule has 0 saturated heterocycles. The molecule has 2 aromatic heterocycles. The fourth-order valence-electron chi connectivity index (χ4n) is 3.27. The Hall–Kier alpha value is -2.34. The van der Waals surface area contributed by atoms with Crippen molar-refractivity contribution in [3.8, 4) is 11.5 Å². The number of thiophene rings is 1. The lowest BCUT2D eigenvalue weighted by Crippen LogP contribution is -2.09. The first-order chi connectivity index (χ1) is 11.7. The van der Waals surface area contributed by atoms with E-state index in [0.717, 1.165) is 40.5 Å². The molecule has 0 spiro atoms. The van der Waals surface area contributed by atoms with Crippen LogP contribution in [0.25, 0.3) is 10.2 Å². The van der Waals surface area contributed by atoms with Crippen molar-refractivity contribution in [2.75, 3.05) is 12.4 Å². The molecule has 5 nitrogen and oxygen atoms in total. The summed E-state index contributed by atoms with van der Waals surface area (Å²) < 4.78 is 5.09. The molecule has 24 heavy (non-hydrogen) atoms. The van der Waals surface area contributed by atoms with Crippen LogP contribution in [0.3, 0.4) is 0 Å².